The van der Waals surface area contributed by atoms with Crippen molar-refractivity contribution in [1.29, 1.82) is 0 Å². The molecular formula is C12H12O2. The average molecular weight is 188 g/mol. The van der Waals surface area contributed by atoms with Crippen molar-refractivity contribution in [3.8, 4) is 0 Å². The Morgan fingerprint density at radius 2 is 2.21 bits per heavy atom. The minimum atomic E-state index is -0.263. The molecule has 1 heterocycles. The summed E-state index contributed by atoms with van der Waals surface area (Å²) in [5, 5.41) is 0. The van der Waals surface area contributed by atoms with Crippen molar-refractivity contribution in [3.63, 3.8) is 0 Å². The molecule has 0 aromatic heterocycles. The van der Waals surface area contributed by atoms with Gasteiger partial charge in [0.2, 0.25) is 0 Å². The van der Waals surface area contributed by atoms with E-state index in [2.05, 4.69) is 12.1 Å². The Hall–Kier alpha value is -1.31. The van der Waals surface area contributed by atoms with Crippen LogP contribution in [0.3, 0.4) is 0 Å². The highest BCUT2D eigenvalue weighted by atomic mass is 16.6. The van der Waals surface area contributed by atoms with E-state index in [-0.39, 0.29) is 17.5 Å². The first-order valence-electron chi connectivity index (χ1n) is 4.99. The Morgan fingerprint density at radius 3 is 3.07 bits per heavy atom. The summed E-state index contributed by atoms with van der Waals surface area (Å²) in [4.78, 5) is 11.2. The monoisotopic (exact) mass is 188 g/mol. The van der Waals surface area contributed by atoms with E-state index >= 15 is 0 Å². The summed E-state index contributed by atoms with van der Waals surface area (Å²) in [6.07, 6.45) is 1.42. The van der Waals surface area contributed by atoms with Gasteiger partial charge >= 0.3 is 5.97 Å². The number of esters is 1. The van der Waals surface area contributed by atoms with Crippen LogP contribution < -0.4 is 0 Å². The molecule has 3 rings (SSSR count). The molecule has 0 saturated carbocycles. The molecule has 1 aliphatic carbocycles. The molecule has 0 bridgehead atoms. The van der Waals surface area contributed by atoms with Gasteiger partial charge in [-0.2, -0.15) is 0 Å². The van der Waals surface area contributed by atoms with Gasteiger partial charge in [-0.1, -0.05) is 24.3 Å². The van der Waals surface area contributed by atoms with Crippen molar-refractivity contribution in [2.75, 3.05) is 0 Å². The molecular weight excluding hydrogens is 176 g/mol. The van der Waals surface area contributed by atoms with Crippen molar-refractivity contribution in [2.45, 2.75) is 31.3 Å². The molecule has 0 unspecified atom stereocenters. The quantitative estimate of drug-likeness (QED) is 0.582. The van der Waals surface area contributed by atoms with Gasteiger partial charge in [-0.25, -0.2) is 0 Å². The summed E-state index contributed by atoms with van der Waals surface area (Å²) in [6, 6.07) is 8.33. The number of carbonyl (C=O) groups is 1. The van der Waals surface area contributed by atoms with Gasteiger partial charge in [0.05, 0.1) is 6.42 Å². The van der Waals surface area contributed by atoms with Crippen LogP contribution in [0, 0.1) is 0 Å². The lowest BCUT2D eigenvalue weighted by Crippen LogP contribution is -2.27. The fourth-order valence-electron chi connectivity index (χ4n) is 2.77. The van der Waals surface area contributed by atoms with Crippen LogP contribution >= 0.6 is 0 Å². The number of ether oxygens (including phenoxy) is 1. The molecule has 1 saturated heterocycles. The van der Waals surface area contributed by atoms with Crippen LogP contribution in [0.1, 0.15) is 30.4 Å². The van der Waals surface area contributed by atoms with E-state index in [1.165, 1.54) is 11.1 Å². The molecule has 1 aromatic rings. The molecule has 14 heavy (non-hydrogen) atoms. The third kappa shape index (κ3) is 0.884. The van der Waals surface area contributed by atoms with E-state index in [0.717, 1.165) is 6.42 Å². The van der Waals surface area contributed by atoms with Crippen molar-refractivity contribution >= 4 is 5.97 Å². The zero-order valence-electron chi connectivity index (χ0n) is 8.12. The van der Waals surface area contributed by atoms with Gasteiger partial charge < -0.3 is 4.74 Å². The van der Waals surface area contributed by atoms with Crippen LogP contribution in [-0.2, 0) is 16.0 Å². The molecule has 72 valence electrons. The smallest absolute Gasteiger partial charge is 0.307 e. The summed E-state index contributed by atoms with van der Waals surface area (Å²) in [7, 11) is 0. The molecule has 2 atom stereocenters. The summed E-state index contributed by atoms with van der Waals surface area (Å²) in [6.45, 7) is 2.04. The standard InChI is InChI=1S/C12H12O2/c1-12-7-8-4-2-3-5-9(8)10(12)6-11(13)14-12/h2-5,10H,6-7H2,1H3/t10-,12+/m1/s1. The fraction of sp³-hybridized carbons (Fsp3) is 0.417. The lowest BCUT2D eigenvalue weighted by molar-refractivity contribution is -0.147. The predicted molar refractivity (Wildman–Crippen MR) is 52.0 cm³/mol. The average Bonchev–Trinajstić information content (AvgIpc) is 2.54. The molecule has 1 fully saturated rings. The van der Waals surface area contributed by atoms with Crippen LogP contribution in [0.4, 0.5) is 0 Å². The van der Waals surface area contributed by atoms with Gasteiger partial charge in [0.25, 0.3) is 0 Å². The Morgan fingerprint density at radius 1 is 1.43 bits per heavy atom. The second-order valence-corrected chi connectivity index (χ2v) is 4.42. The first kappa shape index (κ1) is 8.04. The second-order valence-electron chi connectivity index (χ2n) is 4.42. The lowest BCUT2D eigenvalue weighted by Gasteiger charge is -2.21. The van der Waals surface area contributed by atoms with Gasteiger partial charge in [-0.15, -0.1) is 0 Å². The first-order chi connectivity index (χ1) is 6.69. The molecule has 0 radical (unpaired) electrons. The highest BCUT2D eigenvalue weighted by Crippen LogP contribution is 2.49. The highest BCUT2D eigenvalue weighted by Gasteiger charge is 2.51. The molecule has 0 spiro atoms. The maximum atomic E-state index is 11.2. The van der Waals surface area contributed by atoms with E-state index < -0.39 is 0 Å². The second kappa shape index (κ2) is 2.38. The topological polar surface area (TPSA) is 26.3 Å². The zero-order valence-corrected chi connectivity index (χ0v) is 8.12. The normalized spacial score (nSPS) is 33.8. The summed E-state index contributed by atoms with van der Waals surface area (Å²) >= 11 is 0. The number of fused-ring (bicyclic) bond motifs is 3. The Bertz CT molecular complexity index is 411. The SMILES string of the molecule is C[C@]12Cc3ccccc3[C@H]1CC(=O)O2. The number of benzene rings is 1. The molecule has 1 aromatic carbocycles. The van der Waals surface area contributed by atoms with Gasteiger partial charge in [0, 0.05) is 12.3 Å². The molecule has 0 N–H and O–H groups in total. The Balaban J connectivity index is 2.12. The third-order valence-electron chi connectivity index (χ3n) is 3.43. The highest BCUT2D eigenvalue weighted by molar-refractivity contribution is 5.75. The Kier molecular flexibility index (Phi) is 1.37. The van der Waals surface area contributed by atoms with Crippen LogP contribution in [0.2, 0.25) is 0 Å². The van der Waals surface area contributed by atoms with Crippen LogP contribution in [-0.4, -0.2) is 11.6 Å². The number of carbonyl (C=O) groups excluding carboxylic acids is 1. The van der Waals surface area contributed by atoms with Gasteiger partial charge in [-0.3, -0.25) is 4.79 Å². The fourth-order valence-corrected chi connectivity index (χ4v) is 2.77. The van der Waals surface area contributed by atoms with E-state index in [1.54, 1.807) is 0 Å². The van der Waals surface area contributed by atoms with Crippen LogP contribution in [0.5, 0.6) is 0 Å². The number of rotatable bonds is 0. The molecule has 1 aliphatic heterocycles. The summed E-state index contributed by atoms with van der Waals surface area (Å²) < 4.78 is 5.42. The van der Waals surface area contributed by atoms with E-state index in [4.69, 9.17) is 4.74 Å². The summed E-state index contributed by atoms with van der Waals surface area (Å²) in [5.41, 5.74) is 2.38. The molecule has 2 aliphatic rings. The molecule has 0 amide bonds. The maximum Gasteiger partial charge on any atom is 0.307 e. The van der Waals surface area contributed by atoms with Gasteiger partial charge in [-0.05, 0) is 18.1 Å². The predicted octanol–water partition coefficient (Wildman–Crippen LogP) is 2.03. The van der Waals surface area contributed by atoms with E-state index in [0.29, 0.717) is 6.42 Å². The molecule has 2 nitrogen and oxygen atoms in total. The third-order valence-corrected chi connectivity index (χ3v) is 3.43. The largest absolute Gasteiger partial charge is 0.458 e. The van der Waals surface area contributed by atoms with Crippen molar-refractivity contribution in [3.05, 3.63) is 35.4 Å². The minimum Gasteiger partial charge on any atom is -0.458 e. The lowest BCUT2D eigenvalue weighted by atomic mass is 9.90. The van der Waals surface area contributed by atoms with E-state index in [9.17, 15) is 4.79 Å². The summed E-state index contributed by atoms with van der Waals surface area (Å²) in [5.74, 6) is 0.234. The van der Waals surface area contributed by atoms with Gasteiger partial charge in [0.15, 0.2) is 0 Å². The zero-order chi connectivity index (χ0) is 9.76. The Labute approximate surface area is 82.9 Å². The molecule has 2 heteroatoms. The minimum absolute atomic E-state index is 0.0491. The van der Waals surface area contributed by atoms with Crippen molar-refractivity contribution in [2.24, 2.45) is 0 Å². The van der Waals surface area contributed by atoms with Crippen molar-refractivity contribution < 1.29 is 9.53 Å². The number of hydrogen-bond donors (Lipinski definition) is 0. The first-order valence-corrected chi connectivity index (χ1v) is 4.99. The van der Waals surface area contributed by atoms with Crippen molar-refractivity contribution in [1.82, 2.24) is 0 Å². The van der Waals surface area contributed by atoms with Crippen LogP contribution in [0.25, 0.3) is 0 Å². The van der Waals surface area contributed by atoms with E-state index in [1.807, 2.05) is 19.1 Å². The van der Waals surface area contributed by atoms with Gasteiger partial charge in [0.1, 0.15) is 5.60 Å². The number of hydrogen-bond acceptors (Lipinski definition) is 2. The van der Waals surface area contributed by atoms with Crippen LogP contribution in [0.15, 0.2) is 24.3 Å². The maximum absolute atomic E-state index is 11.2.